The summed E-state index contributed by atoms with van der Waals surface area (Å²) >= 11 is 3.15. The maximum atomic E-state index is 3.51. The van der Waals surface area contributed by atoms with Crippen LogP contribution >= 0.6 is 15.9 Å². The summed E-state index contributed by atoms with van der Waals surface area (Å²) in [4.78, 5) is 0. The third-order valence-corrected chi connectivity index (χ3v) is 0.944. The van der Waals surface area contributed by atoms with Gasteiger partial charge in [-0.3, -0.25) is 5.10 Å². The number of rotatable bonds is 0. The summed E-state index contributed by atoms with van der Waals surface area (Å²) in [6.45, 7) is 0. The molecule has 1 aromatic rings. The molecule has 0 N–H and O–H groups in total. The minimum Gasteiger partial charge on any atom is -0.267 e. The van der Waals surface area contributed by atoms with Crippen molar-refractivity contribution < 1.29 is 18.6 Å². The Hall–Kier alpha value is 0.144. The maximum Gasteiger partial charge on any atom is 0 e. The Morgan fingerprint density at radius 1 is 1.62 bits per heavy atom. The number of hydrogen-bond donors (Lipinski definition) is 0. The van der Waals surface area contributed by atoms with Gasteiger partial charge >= 0.3 is 0 Å². The van der Waals surface area contributed by atoms with Gasteiger partial charge < -0.3 is 0 Å². The van der Waals surface area contributed by atoms with Crippen LogP contribution in [-0.4, -0.2) is 10.2 Å². The Morgan fingerprint density at radius 3 is 2.62 bits per heavy atom. The van der Waals surface area contributed by atoms with Gasteiger partial charge in [0.25, 0.3) is 0 Å². The number of aromatic nitrogens is 2. The molecule has 41 valence electrons. The molecule has 0 saturated heterocycles. The smallest absolute Gasteiger partial charge is 0 e. The van der Waals surface area contributed by atoms with Crippen LogP contribution in [-0.2, 0) is 18.6 Å². The number of hydrogen-bond acceptors (Lipinski definition) is 2. The van der Waals surface area contributed by atoms with Crippen LogP contribution in [0.5, 0.6) is 0 Å². The molecule has 4 heteroatoms. The Balaban J connectivity index is 0.000000490. The number of nitrogens with zero attached hydrogens (tertiary/aromatic N) is 2. The van der Waals surface area contributed by atoms with Crippen molar-refractivity contribution in [2.45, 2.75) is 0 Å². The number of halogens is 1. The molecule has 1 aromatic heterocycles. The SMILES string of the molecule is Brc1[c-]nncc1.[V]. The Bertz CT molecular complexity index is 144. The molecule has 0 unspecified atom stereocenters. The second-order valence-corrected chi connectivity index (χ2v) is 1.85. The first-order valence-electron chi connectivity index (χ1n) is 1.74. The second-order valence-electron chi connectivity index (χ2n) is 0.991. The van der Waals surface area contributed by atoms with Crippen LogP contribution in [0.3, 0.4) is 0 Å². The van der Waals surface area contributed by atoms with Gasteiger partial charge in [0.15, 0.2) is 0 Å². The molecule has 0 bridgehead atoms. The quantitative estimate of drug-likeness (QED) is 0.596. The molecule has 0 aliphatic carbocycles. The van der Waals surface area contributed by atoms with E-state index in [0.717, 1.165) is 4.47 Å². The average Bonchev–Trinajstić information content (AvgIpc) is 1.69. The monoisotopic (exact) mass is 208 g/mol. The summed E-state index contributed by atoms with van der Waals surface area (Å²) in [5.74, 6) is 0. The molecule has 0 spiro atoms. The van der Waals surface area contributed by atoms with Crippen LogP contribution in [0.25, 0.3) is 0 Å². The predicted molar refractivity (Wildman–Crippen MR) is 28.6 cm³/mol. The molecule has 1 heterocycles. The molecular formula is C4H2BrN2V-. The van der Waals surface area contributed by atoms with Crippen LogP contribution in [0.2, 0.25) is 0 Å². The first kappa shape index (κ1) is 8.14. The van der Waals surface area contributed by atoms with Crippen molar-refractivity contribution in [3.63, 3.8) is 0 Å². The van der Waals surface area contributed by atoms with E-state index in [1.807, 2.05) is 0 Å². The van der Waals surface area contributed by atoms with Crippen molar-refractivity contribution in [1.82, 2.24) is 10.2 Å². The van der Waals surface area contributed by atoms with E-state index in [1.54, 1.807) is 12.3 Å². The van der Waals surface area contributed by atoms with Crippen molar-refractivity contribution in [3.8, 4) is 0 Å². The van der Waals surface area contributed by atoms with Crippen molar-refractivity contribution in [1.29, 1.82) is 0 Å². The minimum absolute atomic E-state index is 0. The molecule has 1 rings (SSSR count). The molecule has 0 aliphatic heterocycles. The largest absolute Gasteiger partial charge is 0.267 e. The van der Waals surface area contributed by atoms with Crippen LogP contribution < -0.4 is 0 Å². The predicted octanol–water partition coefficient (Wildman–Crippen LogP) is 1.04. The average molecular weight is 209 g/mol. The van der Waals surface area contributed by atoms with Crippen LogP contribution in [0.15, 0.2) is 16.7 Å². The van der Waals surface area contributed by atoms with E-state index >= 15 is 0 Å². The fourth-order valence-corrected chi connectivity index (χ4v) is 0.444. The van der Waals surface area contributed by atoms with Gasteiger partial charge in [-0.05, 0) is 6.20 Å². The van der Waals surface area contributed by atoms with Crippen LogP contribution in [0.4, 0.5) is 0 Å². The van der Waals surface area contributed by atoms with E-state index in [4.69, 9.17) is 0 Å². The summed E-state index contributed by atoms with van der Waals surface area (Å²) < 4.78 is 0.836. The van der Waals surface area contributed by atoms with Crippen molar-refractivity contribution >= 4 is 15.9 Å². The maximum absolute atomic E-state index is 3.51. The van der Waals surface area contributed by atoms with Crippen molar-refractivity contribution in [3.05, 3.63) is 22.9 Å². The standard InChI is InChI=1S/C4H2BrN2.V/c5-4-1-2-6-7-3-4;/h1-2H;/q-1;. The second kappa shape index (κ2) is 4.07. The molecule has 8 heavy (non-hydrogen) atoms. The third-order valence-electron chi connectivity index (χ3n) is 0.502. The molecule has 0 saturated carbocycles. The van der Waals surface area contributed by atoms with E-state index in [9.17, 15) is 0 Å². The first-order valence-corrected chi connectivity index (χ1v) is 2.54. The zero-order chi connectivity index (χ0) is 5.11. The zero-order valence-electron chi connectivity index (χ0n) is 3.87. The fraction of sp³-hybridized carbons (Fsp3) is 0. The molecule has 1 radical (unpaired) electrons. The Labute approximate surface area is 67.7 Å². The molecule has 0 atom stereocenters. The van der Waals surface area contributed by atoms with Gasteiger partial charge in [0.1, 0.15) is 0 Å². The van der Waals surface area contributed by atoms with E-state index in [2.05, 4.69) is 32.3 Å². The van der Waals surface area contributed by atoms with Gasteiger partial charge in [-0.1, -0.05) is 15.9 Å². The van der Waals surface area contributed by atoms with E-state index < -0.39 is 0 Å². The topological polar surface area (TPSA) is 25.8 Å². The summed E-state index contributed by atoms with van der Waals surface area (Å²) in [6.07, 6.45) is 4.18. The minimum atomic E-state index is 0. The van der Waals surface area contributed by atoms with Gasteiger partial charge in [0.05, 0.1) is 0 Å². The van der Waals surface area contributed by atoms with Gasteiger partial charge in [0.2, 0.25) is 0 Å². The molecule has 0 fully saturated rings. The van der Waals surface area contributed by atoms with Gasteiger partial charge in [-0.15, -0.1) is 10.7 Å². The normalized spacial score (nSPS) is 7.62. The molecule has 0 aromatic carbocycles. The summed E-state index contributed by atoms with van der Waals surface area (Å²) in [5.41, 5.74) is 0. The Morgan fingerprint density at radius 2 is 2.38 bits per heavy atom. The van der Waals surface area contributed by atoms with Gasteiger partial charge in [0, 0.05) is 18.6 Å². The van der Waals surface area contributed by atoms with Gasteiger partial charge in [-0.2, -0.15) is 11.2 Å². The third kappa shape index (κ3) is 2.45. The molecule has 0 amide bonds. The van der Waals surface area contributed by atoms with Gasteiger partial charge in [-0.25, -0.2) is 0 Å². The molecule has 0 aliphatic rings. The first-order chi connectivity index (χ1) is 3.39. The van der Waals surface area contributed by atoms with E-state index in [1.165, 1.54) is 0 Å². The van der Waals surface area contributed by atoms with Crippen molar-refractivity contribution in [2.75, 3.05) is 0 Å². The van der Waals surface area contributed by atoms with E-state index in [-0.39, 0.29) is 18.6 Å². The van der Waals surface area contributed by atoms with E-state index in [0.29, 0.717) is 0 Å². The van der Waals surface area contributed by atoms with Crippen molar-refractivity contribution in [2.24, 2.45) is 0 Å². The summed E-state index contributed by atoms with van der Waals surface area (Å²) in [5, 5.41) is 6.97. The van der Waals surface area contributed by atoms with Crippen LogP contribution in [0.1, 0.15) is 0 Å². The van der Waals surface area contributed by atoms with Crippen LogP contribution in [0, 0.1) is 6.20 Å². The summed E-state index contributed by atoms with van der Waals surface area (Å²) in [6, 6.07) is 1.77. The molecule has 2 nitrogen and oxygen atoms in total. The summed E-state index contributed by atoms with van der Waals surface area (Å²) in [7, 11) is 0. The Kier molecular flexibility index (Phi) is 4.14. The fourth-order valence-electron chi connectivity index (χ4n) is 0.246. The zero-order valence-corrected chi connectivity index (χ0v) is 6.86. The molecular weight excluding hydrogens is 207 g/mol.